The molecule has 1 saturated heterocycles. The number of amides is 1. The van der Waals surface area contributed by atoms with E-state index in [4.69, 9.17) is 15.2 Å². The van der Waals surface area contributed by atoms with E-state index in [1.54, 1.807) is 19.2 Å². The number of hydrogen-bond acceptors (Lipinski definition) is 9. The number of methoxy groups -OCH3 is 1. The highest BCUT2D eigenvalue weighted by molar-refractivity contribution is 7.23. The van der Waals surface area contributed by atoms with Crippen LogP contribution in [0.1, 0.15) is 29.8 Å². The summed E-state index contributed by atoms with van der Waals surface area (Å²) in [5, 5.41) is 6.64. The zero-order valence-corrected chi connectivity index (χ0v) is 21.0. The Kier molecular flexibility index (Phi) is 7.66. The fraction of sp³-hybridized carbons (Fsp3) is 0.400. The first-order chi connectivity index (χ1) is 16.8. The lowest BCUT2D eigenvalue weighted by Gasteiger charge is -2.29. The molecule has 1 aromatic heterocycles. The van der Waals surface area contributed by atoms with E-state index in [1.807, 2.05) is 38.1 Å². The number of morpholine rings is 1. The molecule has 1 amide bonds. The van der Waals surface area contributed by atoms with Crippen molar-refractivity contribution in [3.8, 4) is 5.75 Å². The number of nitrogens with zero attached hydrogens (tertiary/aromatic N) is 2. The van der Waals surface area contributed by atoms with E-state index in [0.29, 0.717) is 36.2 Å². The Bertz CT molecular complexity index is 1200. The average Bonchev–Trinajstić information content (AvgIpc) is 3.30. The average molecular weight is 498 g/mol. The molecule has 4 rings (SSSR count). The minimum absolute atomic E-state index is 0.00924. The molecule has 1 fully saturated rings. The lowest BCUT2D eigenvalue weighted by Crippen LogP contribution is -2.49. The molecule has 0 atom stereocenters. The number of rotatable bonds is 9. The number of thiazole rings is 1. The van der Waals surface area contributed by atoms with Crippen molar-refractivity contribution in [1.29, 1.82) is 0 Å². The van der Waals surface area contributed by atoms with Crippen LogP contribution in [0.5, 0.6) is 5.75 Å². The third kappa shape index (κ3) is 5.62. The number of carbonyl (C=O) groups excluding carboxylic acids is 2. The van der Waals surface area contributed by atoms with Gasteiger partial charge in [0.15, 0.2) is 10.9 Å². The third-order valence-corrected chi connectivity index (χ3v) is 7.10. The summed E-state index contributed by atoms with van der Waals surface area (Å²) in [6, 6.07) is 11.2. The van der Waals surface area contributed by atoms with Gasteiger partial charge in [0, 0.05) is 25.2 Å². The fourth-order valence-corrected chi connectivity index (χ4v) is 4.88. The number of fused-ring (bicyclic) bond motifs is 1. The maximum absolute atomic E-state index is 12.9. The quantitative estimate of drug-likeness (QED) is 0.413. The van der Waals surface area contributed by atoms with Gasteiger partial charge in [-0.2, -0.15) is 0 Å². The Morgan fingerprint density at radius 2 is 1.89 bits per heavy atom. The molecule has 0 aliphatic carbocycles. The molecular weight excluding hydrogens is 466 g/mol. The molecule has 2 heterocycles. The van der Waals surface area contributed by atoms with Crippen molar-refractivity contribution in [3.05, 3.63) is 47.5 Å². The second kappa shape index (κ2) is 10.7. The van der Waals surface area contributed by atoms with Crippen LogP contribution in [0.4, 0.5) is 10.8 Å². The van der Waals surface area contributed by atoms with Gasteiger partial charge in [-0.3, -0.25) is 14.9 Å². The largest absolute Gasteiger partial charge is 0.494 e. The summed E-state index contributed by atoms with van der Waals surface area (Å²) in [6.07, 6.45) is 0. The minimum Gasteiger partial charge on any atom is -0.494 e. The summed E-state index contributed by atoms with van der Waals surface area (Å²) in [4.78, 5) is 31.8. The number of nitrogens with two attached hydrogens (primary N) is 1. The number of anilines is 2. The van der Waals surface area contributed by atoms with E-state index >= 15 is 0 Å². The smallest absolute Gasteiger partial charge is 0.257 e. The highest BCUT2D eigenvalue weighted by Gasteiger charge is 2.25. The number of aromatic nitrogens is 1. The second-order valence-corrected chi connectivity index (χ2v) is 9.84. The number of ketones is 1. The van der Waals surface area contributed by atoms with Crippen molar-refractivity contribution in [2.75, 3.05) is 50.2 Å². The van der Waals surface area contributed by atoms with E-state index in [0.717, 1.165) is 34.6 Å². The monoisotopic (exact) mass is 497 g/mol. The molecule has 0 radical (unpaired) electrons. The van der Waals surface area contributed by atoms with Crippen LogP contribution in [0.3, 0.4) is 0 Å². The highest BCUT2D eigenvalue weighted by atomic mass is 32.1. The van der Waals surface area contributed by atoms with E-state index in [-0.39, 0.29) is 18.2 Å². The first-order valence-electron chi connectivity index (χ1n) is 11.5. The SMILES string of the molecule is COc1ccc(N2CCOCC2)c2sc(NC(=O)c3ccc(CNC(C)(C)C(=O)CN)cc3)nc12. The summed E-state index contributed by atoms with van der Waals surface area (Å²) in [6.45, 7) is 7.07. The molecule has 35 heavy (non-hydrogen) atoms. The number of hydrogen-bond donors (Lipinski definition) is 3. The van der Waals surface area contributed by atoms with Crippen molar-refractivity contribution < 1.29 is 19.1 Å². The van der Waals surface area contributed by atoms with Crippen LogP contribution < -0.4 is 26.0 Å². The van der Waals surface area contributed by atoms with Crippen LogP contribution in [0, 0.1) is 0 Å². The van der Waals surface area contributed by atoms with Crippen LogP contribution in [0.15, 0.2) is 36.4 Å². The summed E-state index contributed by atoms with van der Waals surface area (Å²) in [7, 11) is 1.62. The van der Waals surface area contributed by atoms with Gasteiger partial charge >= 0.3 is 0 Å². The molecular formula is C25H31N5O4S. The van der Waals surface area contributed by atoms with E-state index in [9.17, 15) is 9.59 Å². The van der Waals surface area contributed by atoms with E-state index in [2.05, 4.69) is 20.5 Å². The van der Waals surface area contributed by atoms with Crippen LogP contribution in [0.25, 0.3) is 10.2 Å². The van der Waals surface area contributed by atoms with Gasteiger partial charge in [0.1, 0.15) is 11.3 Å². The first kappa shape index (κ1) is 25.1. The summed E-state index contributed by atoms with van der Waals surface area (Å²) >= 11 is 1.43. The molecule has 0 unspecified atom stereocenters. The van der Waals surface area contributed by atoms with Crippen LogP contribution in [0.2, 0.25) is 0 Å². The lowest BCUT2D eigenvalue weighted by atomic mass is 9.98. The minimum atomic E-state index is -0.710. The zero-order valence-electron chi connectivity index (χ0n) is 20.2. The molecule has 4 N–H and O–H groups in total. The van der Waals surface area contributed by atoms with Gasteiger partial charge in [-0.05, 0) is 43.7 Å². The number of nitrogens with one attached hydrogen (secondary N) is 2. The van der Waals surface area contributed by atoms with Crippen molar-refractivity contribution in [2.24, 2.45) is 5.73 Å². The second-order valence-electron chi connectivity index (χ2n) is 8.84. The lowest BCUT2D eigenvalue weighted by molar-refractivity contribution is -0.122. The molecule has 1 aliphatic heterocycles. The molecule has 10 heteroatoms. The Morgan fingerprint density at radius 1 is 1.17 bits per heavy atom. The Hall–Kier alpha value is -3.05. The molecule has 2 aromatic carbocycles. The normalized spacial score (nSPS) is 14.2. The van der Waals surface area contributed by atoms with Gasteiger partial charge < -0.3 is 25.4 Å². The molecule has 0 spiro atoms. The van der Waals surface area contributed by atoms with Gasteiger partial charge in [0.05, 0.1) is 42.8 Å². The maximum Gasteiger partial charge on any atom is 0.257 e. The van der Waals surface area contributed by atoms with E-state index in [1.165, 1.54) is 11.3 Å². The highest BCUT2D eigenvalue weighted by Crippen LogP contribution is 2.39. The predicted molar refractivity (Wildman–Crippen MR) is 139 cm³/mol. The molecule has 9 nitrogen and oxygen atoms in total. The number of carbonyl (C=O) groups is 2. The Morgan fingerprint density at radius 3 is 2.54 bits per heavy atom. The Balaban J connectivity index is 1.48. The van der Waals surface area contributed by atoms with Gasteiger partial charge in [-0.15, -0.1) is 0 Å². The van der Waals surface area contributed by atoms with Gasteiger partial charge in [-0.25, -0.2) is 4.98 Å². The standard InChI is InChI=1S/C25H31N5O4S/c1-25(2,20(31)14-26)27-15-16-4-6-17(7-5-16)23(32)29-24-28-21-19(33-3)9-8-18(22(21)35-24)30-10-12-34-13-11-30/h4-9,27H,10-15,26H2,1-3H3,(H,28,29,32). The van der Waals surface area contributed by atoms with Crippen LogP contribution in [-0.2, 0) is 16.1 Å². The Labute approximate surface area is 208 Å². The number of ether oxygens (including phenoxy) is 2. The third-order valence-electron chi connectivity index (χ3n) is 6.11. The van der Waals surface area contributed by atoms with Crippen LogP contribution >= 0.6 is 11.3 Å². The summed E-state index contributed by atoms with van der Waals surface area (Å²) in [5.74, 6) is 0.369. The number of benzene rings is 2. The first-order valence-corrected chi connectivity index (χ1v) is 12.3. The predicted octanol–water partition coefficient (Wildman–Crippen LogP) is 2.79. The van der Waals surface area contributed by atoms with Crippen molar-refractivity contribution in [2.45, 2.75) is 25.9 Å². The summed E-state index contributed by atoms with van der Waals surface area (Å²) < 4.78 is 12.0. The molecule has 0 bridgehead atoms. The molecule has 0 saturated carbocycles. The van der Waals surface area contributed by atoms with Gasteiger partial charge in [-0.1, -0.05) is 23.5 Å². The number of Topliss-reactive ketones (excluding diaryl/α,β-unsaturated/α-hetero) is 1. The molecule has 3 aromatic rings. The van der Waals surface area contributed by atoms with Gasteiger partial charge in [0.25, 0.3) is 5.91 Å². The fourth-order valence-electron chi connectivity index (χ4n) is 3.86. The maximum atomic E-state index is 12.9. The van der Waals surface area contributed by atoms with E-state index < -0.39 is 5.54 Å². The zero-order chi connectivity index (χ0) is 25.0. The topological polar surface area (TPSA) is 119 Å². The van der Waals surface area contributed by atoms with Crippen molar-refractivity contribution in [1.82, 2.24) is 10.3 Å². The molecule has 186 valence electrons. The van der Waals surface area contributed by atoms with Crippen molar-refractivity contribution >= 4 is 44.1 Å². The van der Waals surface area contributed by atoms with Crippen LogP contribution in [-0.4, -0.2) is 62.2 Å². The van der Waals surface area contributed by atoms with Gasteiger partial charge in [0.2, 0.25) is 0 Å². The summed E-state index contributed by atoms with van der Waals surface area (Å²) in [5.41, 5.74) is 8.04. The molecule has 1 aliphatic rings. The van der Waals surface area contributed by atoms with Crippen molar-refractivity contribution in [3.63, 3.8) is 0 Å².